The number of amides is 1. The van der Waals surface area contributed by atoms with E-state index in [1.807, 2.05) is 24.3 Å². The molecule has 5 heteroatoms. The molecule has 1 unspecified atom stereocenters. The van der Waals surface area contributed by atoms with E-state index in [2.05, 4.69) is 20.9 Å². The Morgan fingerprint density at radius 3 is 2.94 bits per heavy atom. The molecule has 18 heavy (non-hydrogen) atoms. The summed E-state index contributed by atoms with van der Waals surface area (Å²) in [6.07, 6.45) is 1.30. The lowest BCUT2D eigenvalue weighted by molar-refractivity contribution is -0.117. The number of β-amino-alcohol motifs (C(OH)–C–C–N with tert-alkyl or cyclic N) is 1. The molecule has 1 fully saturated rings. The van der Waals surface area contributed by atoms with E-state index < -0.39 is 6.10 Å². The Hall–Kier alpha value is -1.46. The minimum Gasteiger partial charge on any atom is -0.391 e. The van der Waals surface area contributed by atoms with Crippen molar-refractivity contribution in [2.24, 2.45) is 0 Å². The number of aliphatic hydroxyl groups excluding tert-OH is 1. The van der Waals surface area contributed by atoms with E-state index in [0.717, 1.165) is 21.1 Å². The highest BCUT2D eigenvalue weighted by Gasteiger charge is 2.30. The van der Waals surface area contributed by atoms with Crippen LogP contribution in [0.15, 0.2) is 34.9 Å². The van der Waals surface area contributed by atoms with Crippen LogP contribution < -0.4 is 4.90 Å². The number of halogens is 1. The van der Waals surface area contributed by atoms with Gasteiger partial charge in [0, 0.05) is 16.1 Å². The van der Waals surface area contributed by atoms with Gasteiger partial charge in [0.25, 0.3) is 0 Å². The molecular formula is C13H11BrN2O2. The van der Waals surface area contributed by atoms with Gasteiger partial charge in [0.15, 0.2) is 0 Å². The van der Waals surface area contributed by atoms with Gasteiger partial charge in [-0.25, -0.2) is 0 Å². The Balaban J connectivity index is 2.17. The quantitative estimate of drug-likeness (QED) is 0.878. The van der Waals surface area contributed by atoms with Crippen molar-refractivity contribution in [2.45, 2.75) is 12.5 Å². The standard InChI is InChI=1S/C13H11BrN2O2/c14-8-1-2-11-10(5-8)12(3-4-15-11)16-7-9(17)6-13(16)18/h1-5,9,17H,6-7H2. The van der Waals surface area contributed by atoms with Gasteiger partial charge in [-0.1, -0.05) is 15.9 Å². The van der Waals surface area contributed by atoms with Crippen molar-refractivity contribution < 1.29 is 9.90 Å². The van der Waals surface area contributed by atoms with Crippen molar-refractivity contribution in [2.75, 3.05) is 11.4 Å². The molecule has 0 aliphatic carbocycles. The van der Waals surface area contributed by atoms with Crippen LogP contribution in [0.25, 0.3) is 10.9 Å². The molecule has 0 bridgehead atoms. The number of hydrogen-bond acceptors (Lipinski definition) is 3. The number of benzene rings is 1. The fourth-order valence-electron chi connectivity index (χ4n) is 2.26. The Morgan fingerprint density at radius 2 is 2.22 bits per heavy atom. The molecule has 4 nitrogen and oxygen atoms in total. The summed E-state index contributed by atoms with van der Waals surface area (Å²) in [5.41, 5.74) is 1.65. The minimum atomic E-state index is -0.576. The van der Waals surface area contributed by atoms with Crippen molar-refractivity contribution in [3.8, 4) is 0 Å². The summed E-state index contributed by atoms with van der Waals surface area (Å²) in [4.78, 5) is 17.8. The summed E-state index contributed by atoms with van der Waals surface area (Å²) in [6.45, 7) is 0.352. The highest BCUT2D eigenvalue weighted by Crippen LogP contribution is 2.30. The number of fused-ring (bicyclic) bond motifs is 1. The van der Waals surface area contributed by atoms with Gasteiger partial charge in [0.1, 0.15) is 0 Å². The molecule has 1 atom stereocenters. The van der Waals surface area contributed by atoms with Crippen LogP contribution in [-0.2, 0) is 4.79 Å². The third-order valence-electron chi connectivity index (χ3n) is 3.08. The second-order valence-electron chi connectivity index (χ2n) is 4.35. The zero-order valence-corrected chi connectivity index (χ0v) is 11.1. The summed E-state index contributed by atoms with van der Waals surface area (Å²) in [6, 6.07) is 7.57. The molecule has 3 rings (SSSR count). The van der Waals surface area contributed by atoms with Gasteiger partial charge in [-0.2, -0.15) is 0 Å². The number of carbonyl (C=O) groups excluding carboxylic acids is 1. The maximum Gasteiger partial charge on any atom is 0.229 e. The number of anilines is 1. The lowest BCUT2D eigenvalue weighted by atomic mass is 10.2. The predicted molar refractivity (Wildman–Crippen MR) is 72.4 cm³/mol. The second-order valence-corrected chi connectivity index (χ2v) is 5.27. The first-order valence-corrected chi connectivity index (χ1v) is 6.47. The highest BCUT2D eigenvalue weighted by molar-refractivity contribution is 9.10. The van der Waals surface area contributed by atoms with E-state index in [9.17, 15) is 9.90 Å². The topological polar surface area (TPSA) is 53.4 Å². The van der Waals surface area contributed by atoms with Crippen LogP contribution >= 0.6 is 15.9 Å². The third kappa shape index (κ3) is 1.89. The Bertz CT molecular complexity index is 629. The Kier molecular flexibility index (Phi) is 2.80. The second kappa shape index (κ2) is 4.33. The molecule has 0 saturated carbocycles. The molecule has 1 aromatic heterocycles. The summed E-state index contributed by atoms with van der Waals surface area (Å²) in [7, 11) is 0. The predicted octanol–water partition coefficient (Wildman–Crippen LogP) is 2.09. The molecule has 2 heterocycles. The first-order chi connectivity index (χ1) is 8.65. The zero-order valence-electron chi connectivity index (χ0n) is 9.51. The number of aliphatic hydroxyl groups is 1. The molecule has 92 valence electrons. The lowest BCUT2D eigenvalue weighted by Crippen LogP contribution is -2.25. The van der Waals surface area contributed by atoms with Crippen LogP contribution in [0.2, 0.25) is 0 Å². The minimum absolute atomic E-state index is 0.0463. The van der Waals surface area contributed by atoms with Gasteiger partial charge in [-0.3, -0.25) is 9.78 Å². The summed E-state index contributed by atoms with van der Waals surface area (Å²) >= 11 is 3.42. The maximum absolute atomic E-state index is 11.8. The van der Waals surface area contributed by atoms with Crippen LogP contribution in [0.3, 0.4) is 0 Å². The van der Waals surface area contributed by atoms with Crippen LogP contribution in [0.4, 0.5) is 5.69 Å². The first kappa shape index (κ1) is 11.6. The number of nitrogens with zero attached hydrogens (tertiary/aromatic N) is 2. The van der Waals surface area contributed by atoms with Crippen molar-refractivity contribution in [1.82, 2.24) is 4.98 Å². The van der Waals surface area contributed by atoms with Gasteiger partial charge in [0.2, 0.25) is 5.91 Å². The van der Waals surface area contributed by atoms with E-state index in [-0.39, 0.29) is 12.3 Å². The van der Waals surface area contributed by atoms with Gasteiger partial charge >= 0.3 is 0 Å². The van der Waals surface area contributed by atoms with Crippen LogP contribution in [-0.4, -0.2) is 28.6 Å². The van der Waals surface area contributed by atoms with Crippen molar-refractivity contribution in [1.29, 1.82) is 0 Å². The largest absolute Gasteiger partial charge is 0.391 e. The van der Waals surface area contributed by atoms with Gasteiger partial charge in [0.05, 0.1) is 30.3 Å². The maximum atomic E-state index is 11.8. The van der Waals surface area contributed by atoms with Crippen LogP contribution in [0.1, 0.15) is 6.42 Å². The number of rotatable bonds is 1. The molecule has 1 aliphatic heterocycles. The number of hydrogen-bond donors (Lipinski definition) is 1. The monoisotopic (exact) mass is 306 g/mol. The van der Waals surface area contributed by atoms with Crippen molar-refractivity contribution in [3.05, 3.63) is 34.9 Å². The first-order valence-electron chi connectivity index (χ1n) is 5.68. The van der Waals surface area contributed by atoms with E-state index >= 15 is 0 Å². The smallest absolute Gasteiger partial charge is 0.229 e. The molecule has 1 N–H and O–H groups in total. The van der Waals surface area contributed by atoms with Gasteiger partial charge in [-0.05, 0) is 24.3 Å². The van der Waals surface area contributed by atoms with E-state index in [0.29, 0.717) is 6.54 Å². The van der Waals surface area contributed by atoms with Gasteiger partial charge in [-0.15, -0.1) is 0 Å². The fraction of sp³-hybridized carbons (Fsp3) is 0.231. The molecule has 1 aromatic carbocycles. The summed E-state index contributed by atoms with van der Waals surface area (Å²) in [5.74, 6) is -0.0463. The zero-order chi connectivity index (χ0) is 12.7. The van der Waals surface area contributed by atoms with Gasteiger partial charge < -0.3 is 10.0 Å². The number of pyridine rings is 1. The molecule has 0 spiro atoms. The van der Waals surface area contributed by atoms with Crippen LogP contribution in [0.5, 0.6) is 0 Å². The lowest BCUT2D eigenvalue weighted by Gasteiger charge is -2.17. The molecule has 0 radical (unpaired) electrons. The Morgan fingerprint density at radius 1 is 1.39 bits per heavy atom. The number of carbonyl (C=O) groups is 1. The van der Waals surface area contributed by atoms with Crippen LogP contribution in [0, 0.1) is 0 Å². The molecule has 1 aliphatic rings. The fourth-order valence-corrected chi connectivity index (χ4v) is 2.62. The molecule has 2 aromatic rings. The summed E-state index contributed by atoms with van der Waals surface area (Å²) in [5, 5.41) is 10.5. The van der Waals surface area contributed by atoms with E-state index in [1.54, 1.807) is 11.1 Å². The third-order valence-corrected chi connectivity index (χ3v) is 3.57. The van der Waals surface area contributed by atoms with E-state index in [4.69, 9.17) is 0 Å². The average Bonchev–Trinajstić information content (AvgIpc) is 2.67. The van der Waals surface area contributed by atoms with E-state index in [1.165, 1.54) is 0 Å². The summed E-state index contributed by atoms with van der Waals surface area (Å²) < 4.78 is 0.941. The molecule has 1 saturated heterocycles. The highest BCUT2D eigenvalue weighted by atomic mass is 79.9. The molecular weight excluding hydrogens is 296 g/mol. The molecule has 1 amide bonds. The normalized spacial score (nSPS) is 19.8. The van der Waals surface area contributed by atoms with Crippen molar-refractivity contribution >= 4 is 38.4 Å². The SMILES string of the molecule is O=C1CC(O)CN1c1ccnc2ccc(Br)cc12. The Labute approximate surface area is 112 Å². The number of aromatic nitrogens is 1. The van der Waals surface area contributed by atoms with Crippen molar-refractivity contribution in [3.63, 3.8) is 0 Å². The average molecular weight is 307 g/mol.